The van der Waals surface area contributed by atoms with E-state index < -0.39 is 35.5 Å². The number of benzene rings is 2. The molecule has 3 aromatic rings. The van der Waals surface area contributed by atoms with Gasteiger partial charge in [0.05, 0.1) is 15.8 Å². The highest BCUT2D eigenvalue weighted by molar-refractivity contribution is 7.16. The summed E-state index contributed by atoms with van der Waals surface area (Å²) >= 11 is 0.779. The van der Waals surface area contributed by atoms with Crippen molar-refractivity contribution in [2.75, 3.05) is 0 Å². The minimum absolute atomic E-state index is 0.0529. The molecular weight excluding hydrogens is 412 g/mol. The Morgan fingerprint density at radius 2 is 1.83 bits per heavy atom. The molecule has 0 spiro atoms. The van der Waals surface area contributed by atoms with Crippen molar-refractivity contribution in [3.8, 4) is 0 Å². The fourth-order valence-electron chi connectivity index (χ4n) is 2.81. The molecule has 1 N–H and O–H groups in total. The monoisotopic (exact) mass is 426 g/mol. The zero-order valence-corrected chi connectivity index (χ0v) is 15.7. The lowest BCUT2D eigenvalue weighted by Crippen LogP contribution is -2.27. The van der Waals surface area contributed by atoms with Crippen LogP contribution in [-0.4, -0.2) is 21.6 Å². The standard InChI is InChI=1S/C19H14F4N2O3S/c1-2-13(17(27)28)25-14-8-5-11(19(21,22)23)9-15(14)29-18(25)24-16(26)10-3-6-12(20)7-4-10/h3-9,13H,2H2,1H3,(H,27,28). The maximum atomic E-state index is 13.1. The summed E-state index contributed by atoms with van der Waals surface area (Å²) in [7, 11) is 0. The molecule has 10 heteroatoms. The summed E-state index contributed by atoms with van der Waals surface area (Å²) in [5, 5.41) is 9.53. The van der Waals surface area contributed by atoms with Crippen LogP contribution in [0.1, 0.15) is 35.3 Å². The number of carboxylic acids is 1. The van der Waals surface area contributed by atoms with Crippen LogP contribution in [0.4, 0.5) is 17.6 Å². The highest BCUT2D eigenvalue weighted by Gasteiger charge is 2.31. The molecule has 5 nitrogen and oxygen atoms in total. The van der Waals surface area contributed by atoms with E-state index in [2.05, 4.69) is 4.99 Å². The number of fused-ring (bicyclic) bond motifs is 1. The molecule has 0 saturated carbocycles. The summed E-state index contributed by atoms with van der Waals surface area (Å²) in [5.41, 5.74) is -0.601. The van der Waals surface area contributed by atoms with Gasteiger partial charge in [0.1, 0.15) is 11.9 Å². The fraction of sp³-hybridized carbons (Fsp3) is 0.211. The number of carbonyl (C=O) groups excluding carboxylic acids is 1. The van der Waals surface area contributed by atoms with Gasteiger partial charge in [-0.05, 0) is 48.9 Å². The van der Waals surface area contributed by atoms with Crippen LogP contribution in [0.25, 0.3) is 10.2 Å². The molecule has 0 bridgehead atoms. The molecule has 1 atom stereocenters. The second-order valence-corrected chi connectivity index (χ2v) is 7.13. The van der Waals surface area contributed by atoms with Crippen molar-refractivity contribution in [2.24, 2.45) is 4.99 Å². The van der Waals surface area contributed by atoms with Gasteiger partial charge in [0, 0.05) is 5.56 Å². The molecule has 1 unspecified atom stereocenters. The van der Waals surface area contributed by atoms with Crippen molar-refractivity contribution in [1.29, 1.82) is 0 Å². The highest BCUT2D eigenvalue weighted by Crippen LogP contribution is 2.33. The smallest absolute Gasteiger partial charge is 0.416 e. The van der Waals surface area contributed by atoms with E-state index in [4.69, 9.17) is 0 Å². The molecule has 1 aromatic heterocycles. The van der Waals surface area contributed by atoms with Crippen LogP contribution < -0.4 is 4.80 Å². The van der Waals surface area contributed by atoms with Crippen molar-refractivity contribution in [3.05, 3.63) is 64.2 Å². The number of rotatable bonds is 4. The van der Waals surface area contributed by atoms with E-state index in [0.717, 1.165) is 35.6 Å². The van der Waals surface area contributed by atoms with Gasteiger partial charge in [-0.3, -0.25) is 4.79 Å². The zero-order chi connectivity index (χ0) is 21.3. The first-order valence-electron chi connectivity index (χ1n) is 8.41. The van der Waals surface area contributed by atoms with Gasteiger partial charge in [0.2, 0.25) is 0 Å². The van der Waals surface area contributed by atoms with Crippen LogP contribution in [-0.2, 0) is 11.0 Å². The van der Waals surface area contributed by atoms with E-state index in [1.54, 1.807) is 6.92 Å². The summed E-state index contributed by atoms with van der Waals surface area (Å²) in [6.45, 7) is 1.60. The topological polar surface area (TPSA) is 71.7 Å². The minimum atomic E-state index is -4.57. The summed E-state index contributed by atoms with van der Waals surface area (Å²) < 4.78 is 53.5. The number of nitrogens with zero attached hydrogens (tertiary/aromatic N) is 2. The van der Waals surface area contributed by atoms with E-state index in [1.165, 1.54) is 22.8 Å². The molecule has 1 amide bonds. The maximum Gasteiger partial charge on any atom is 0.416 e. The van der Waals surface area contributed by atoms with E-state index in [-0.39, 0.29) is 27.0 Å². The minimum Gasteiger partial charge on any atom is -0.480 e. The highest BCUT2D eigenvalue weighted by atomic mass is 32.1. The van der Waals surface area contributed by atoms with E-state index in [0.29, 0.717) is 0 Å². The summed E-state index contributed by atoms with van der Waals surface area (Å²) in [6, 6.07) is 6.37. The van der Waals surface area contributed by atoms with Crippen molar-refractivity contribution in [1.82, 2.24) is 4.57 Å². The van der Waals surface area contributed by atoms with Crippen molar-refractivity contribution in [3.63, 3.8) is 0 Å². The number of hydrogen-bond acceptors (Lipinski definition) is 3. The molecule has 2 aromatic carbocycles. The number of carboxylic acid groups (broad SMARTS) is 1. The lowest BCUT2D eigenvalue weighted by atomic mass is 10.2. The number of carbonyl (C=O) groups is 2. The quantitative estimate of drug-likeness (QED) is 0.618. The average Bonchev–Trinajstić information content (AvgIpc) is 2.99. The fourth-order valence-corrected chi connectivity index (χ4v) is 3.92. The third-order valence-corrected chi connectivity index (χ3v) is 5.24. The number of aliphatic carboxylic acids is 1. The second-order valence-electron chi connectivity index (χ2n) is 6.12. The van der Waals surface area contributed by atoms with Crippen molar-refractivity contribution in [2.45, 2.75) is 25.6 Å². The lowest BCUT2D eigenvalue weighted by Gasteiger charge is -2.14. The van der Waals surface area contributed by atoms with E-state index in [9.17, 15) is 32.3 Å². The first kappa shape index (κ1) is 20.7. The summed E-state index contributed by atoms with van der Waals surface area (Å²) in [6.07, 6.45) is -4.44. The predicted molar refractivity (Wildman–Crippen MR) is 98.1 cm³/mol. The number of aromatic nitrogens is 1. The molecule has 0 aliphatic carbocycles. The predicted octanol–water partition coefficient (Wildman–Crippen LogP) is 4.64. The van der Waals surface area contributed by atoms with E-state index in [1.807, 2.05) is 0 Å². The largest absolute Gasteiger partial charge is 0.480 e. The van der Waals surface area contributed by atoms with Gasteiger partial charge in [-0.1, -0.05) is 18.3 Å². The van der Waals surface area contributed by atoms with Crippen LogP contribution in [0, 0.1) is 5.82 Å². The molecular formula is C19H14F4N2O3S. The molecule has 0 aliphatic rings. The van der Waals surface area contributed by atoms with Gasteiger partial charge in [0.15, 0.2) is 4.80 Å². The number of amides is 1. The molecule has 3 rings (SSSR count). The van der Waals surface area contributed by atoms with Crippen molar-refractivity contribution >= 4 is 33.4 Å². The third-order valence-electron chi connectivity index (χ3n) is 4.23. The lowest BCUT2D eigenvalue weighted by molar-refractivity contribution is -0.141. The van der Waals surface area contributed by atoms with Crippen LogP contribution in [0.15, 0.2) is 47.5 Å². The van der Waals surface area contributed by atoms with Crippen LogP contribution in [0.3, 0.4) is 0 Å². The average molecular weight is 426 g/mol. The molecule has 0 radical (unpaired) electrons. The Balaban J connectivity index is 2.24. The molecule has 0 fully saturated rings. The Morgan fingerprint density at radius 1 is 1.17 bits per heavy atom. The van der Waals surface area contributed by atoms with Crippen molar-refractivity contribution < 1.29 is 32.3 Å². The molecule has 0 aliphatic heterocycles. The first-order valence-corrected chi connectivity index (χ1v) is 9.23. The molecule has 152 valence electrons. The van der Waals surface area contributed by atoms with Gasteiger partial charge in [0.25, 0.3) is 5.91 Å². The van der Waals surface area contributed by atoms with Crippen LogP contribution in [0.2, 0.25) is 0 Å². The Bertz CT molecular complexity index is 1150. The Morgan fingerprint density at radius 3 is 2.38 bits per heavy atom. The number of hydrogen-bond donors (Lipinski definition) is 1. The summed E-state index contributed by atoms with van der Waals surface area (Å²) in [5.74, 6) is -2.51. The molecule has 29 heavy (non-hydrogen) atoms. The number of thiazole rings is 1. The second kappa shape index (κ2) is 7.78. The van der Waals surface area contributed by atoms with Crippen LogP contribution in [0.5, 0.6) is 0 Å². The van der Waals surface area contributed by atoms with Gasteiger partial charge in [-0.25, -0.2) is 9.18 Å². The van der Waals surface area contributed by atoms with Gasteiger partial charge in [-0.2, -0.15) is 18.2 Å². The number of alkyl halides is 3. The molecule has 1 heterocycles. The Hall–Kier alpha value is -3.01. The third kappa shape index (κ3) is 4.21. The van der Waals surface area contributed by atoms with E-state index >= 15 is 0 Å². The van der Waals surface area contributed by atoms with Gasteiger partial charge >= 0.3 is 12.1 Å². The SMILES string of the molecule is CCC(C(=O)O)n1c(=NC(=O)c2ccc(F)cc2)sc2cc(C(F)(F)F)ccc21. The van der Waals surface area contributed by atoms with Crippen LogP contribution >= 0.6 is 11.3 Å². The van der Waals surface area contributed by atoms with Gasteiger partial charge in [-0.15, -0.1) is 0 Å². The maximum absolute atomic E-state index is 13.1. The first-order chi connectivity index (χ1) is 13.6. The molecule has 0 saturated heterocycles. The Kier molecular flexibility index (Phi) is 5.56. The summed E-state index contributed by atoms with van der Waals surface area (Å²) in [4.78, 5) is 28.0. The zero-order valence-electron chi connectivity index (χ0n) is 14.9. The number of halogens is 4. The normalized spacial score (nSPS) is 13.6. The Labute approximate surface area is 165 Å². The van der Waals surface area contributed by atoms with Gasteiger partial charge < -0.3 is 9.67 Å².